The molecule has 0 radical (unpaired) electrons. The van der Waals surface area contributed by atoms with E-state index >= 15 is 0 Å². The maximum Gasteiger partial charge on any atom is 0.317 e. The monoisotopic (exact) mass is 280 g/mol. The maximum absolute atomic E-state index is 11.6. The summed E-state index contributed by atoms with van der Waals surface area (Å²) in [5, 5.41) is 11.2. The summed E-state index contributed by atoms with van der Waals surface area (Å²) >= 11 is 0. The van der Waals surface area contributed by atoms with Crippen LogP contribution in [0.15, 0.2) is 30.3 Å². The second-order valence-electron chi connectivity index (χ2n) is 4.31. The van der Waals surface area contributed by atoms with Crippen LogP contribution in [-0.2, 0) is 4.79 Å². The number of urea groups is 1. The van der Waals surface area contributed by atoms with Crippen LogP contribution in [0.5, 0.6) is 5.75 Å². The van der Waals surface area contributed by atoms with E-state index in [9.17, 15) is 9.59 Å². The number of carboxylic acids is 1. The van der Waals surface area contributed by atoms with Gasteiger partial charge in [-0.2, -0.15) is 0 Å². The van der Waals surface area contributed by atoms with Crippen molar-refractivity contribution in [2.75, 3.05) is 26.7 Å². The number of carbonyl (C=O) groups is 2. The Morgan fingerprint density at radius 1 is 1.30 bits per heavy atom. The molecular weight excluding hydrogens is 260 g/mol. The van der Waals surface area contributed by atoms with Crippen LogP contribution in [0.1, 0.15) is 12.8 Å². The molecule has 6 nitrogen and oxygen atoms in total. The second kappa shape index (κ2) is 8.79. The molecule has 0 aromatic heterocycles. The largest absolute Gasteiger partial charge is 0.494 e. The molecule has 110 valence electrons. The molecule has 0 fully saturated rings. The van der Waals surface area contributed by atoms with Crippen LogP contribution >= 0.6 is 0 Å². The fourth-order valence-electron chi connectivity index (χ4n) is 1.47. The lowest BCUT2D eigenvalue weighted by Gasteiger charge is -2.16. The van der Waals surface area contributed by atoms with E-state index in [0.29, 0.717) is 19.6 Å². The van der Waals surface area contributed by atoms with Gasteiger partial charge < -0.3 is 20.1 Å². The van der Waals surface area contributed by atoms with Crippen LogP contribution in [0.3, 0.4) is 0 Å². The summed E-state index contributed by atoms with van der Waals surface area (Å²) in [4.78, 5) is 23.3. The van der Waals surface area contributed by atoms with Crippen LogP contribution in [0.4, 0.5) is 4.79 Å². The average Bonchev–Trinajstić information content (AvgIpc) is 2.45. The predicted octanol–water partition coefficient (Wildman–Crippen LogP) is 1.57. The number of nitrogens with zero attached hydrogens (tertiary/aromatic N) is 1. The molecule has 6 heteroatoms. The number of carboxylic acid groups (broad SMARTS) is 1. The zero-order valence-electron chi connectivity index (χ0n) is 11.5. The number of amides is 2. The van der Waals surface area contributed by atoms with E-state index in [4.69, 9.17) is 9.84 Å². The van der Waals surface area contributed by atoms with Crippen molar-refractivity contribution in [3.05, 3.63) is 30.3 Å². The zero-order valence-corrected chi connectivity index (χ0v) is 11.5. The molecule has 0 bridgehead atoms. The van der Waals surface area contributed by atoms with Crippen molar-refractivity contribution in [3.63, 3.8) is 0 Å². The minimum atomic E-state index is -0.916. The summed E-state index contributed by atoms with van der Waals surface area (Å²) < 4.78 is 5.48. The van der Waals surface area contributed by atoms with E-state index in [1.54, 1.807) is 7.05 Å². The van der Waals surface area contributed by atoms with E-state index in [1.165, 1.54) is 4.90 Å². The van der Waals surface area contributed by atoms with Gasteiger partial charge in [-0.15, -0.1) is 0 Å². The molecule has 2 N–H and O–H groups in total. The summed E-state index contributed by atoms with van der Waals surface area (Å²) in [5.41, 5.74) is 0. The Morgan fingerprint density at radius 2 is 2.00 bits per heavy atom. The Hall–Kier alpha value is -2.24. The third kappa shape index (κ3) is 6.63. The molecule has 0 aliphatic carbocycles. The van der Waals surface area contributed by atoms with Crippen LogP contribution < -0.4 is 10.1 Å². The minimum absolute atomic E-state index is 0.0545. The molecule has 0 saturated heterocycles. The molecule has 0 unspecified atom stereocenters. The number of hydrogen-bond acceptors (Lipinski definition) is 3. The van der Waals surface area contributed by atoms with Gasteiger partial charge in [0, 0.05) is 20.1 Å². The zero-order chi connectivity index (χ0) is 14.8. The molecule has 0 aliphatic rings. The van der Waals surface area contributed by atoms with Gasteiger partial charge in [-0.3, -0.25) is 4.79 Å². The first-order valence-electron chi connectivity index (χ1n) is 6.48. The summed E-state index contributed by atoms with van der Waals surface area (Å²) in [6.07, 6.45) is 0.633. The number of rotatable bonds is 8. The van der Waals surface area contributed by atoms with Gasteiger partial charge in [0.2, 0.25) is 0 Å². The van der Waals surface area contributed by atoms with Gasteiger partial charge in [0.25, 0.3) is 0 Å². The summed E-state index contributed by atoms with van der Waals surface area (Å²) in [6, 6.07) is 9.19. The third-order valence-corrected chi connectivity index (χ3v) is 2.62. The Labute approximate surface area is 118 Å². The first-order chi connectivity index (χ1) is 9.59. The van der Waals surface area contributed by atoms with E-state index in [-0.39, 0.29) is 19.0 Å². The van der Waals surface area contributed by atoms with Crippen molar-refractivity contribution in [2.24, 2.45) is 0 Å². The van der Waals surface area contributed by atoms with Gasteiger partial charge in [-0.1, -0.05) is 18.2 Å². The van der Waals surface area contributed by atoms with Crippen LogP contribution in [0.25, 0.3) is 0 Å². The van der Waals surface area contributed by atoms with Crippen molar-refractivity contribution in [2.45, 2.75) is 12.8 Å². The lowest BCUT2D eigenvalue weighted by molar-refractivity contribution is -0.137. The lowest BCUT2D eigenvalue weighted by Crippen LogP contribution is -2.39. The summed E-state index contributed by atoms with van der Waals surface area (Å²) in [6.45, 7) is 1.20. The Kier molecular flexibility index (Phi) is 6.95. The third-order valence-electron chi connectivity index (χ3n) is 2.62. The van der Waals surface area contributed by atoms with Crippen LogP contribution in [0.2, 0.25) is 0 Å². The molecule has 0 heterocycles. The highest BCUT2D eigenvalue weighted by Gasteiger charge is 2.08. The highest BCUT2D eigenvalue weighted by atomic mass is 16.5. The Balaban J connectivity index is 2.08. The average molecular weight is 280 g/mol. The quantitative estimate of drug-likeness (QED) is 0.708. The highest BCUT2D eigenvalue weighted by molar-refractivity contribution is 5.74. The molecular formula is C14H20N2O4. The van der Waals surface area contributed by atoms with Crippen molar-refractivity contribution >= 4 is 12.0 Å². The van der Waals surface area contributed by atoms with Gasteiger partial charge in [0.15, 0.2) is 0 Å². The van der Waals surface area contributed by atoms with Crippen molar-refractivity contribution < 1.29 is 19.4 Å². The van der Waals surface area contributed by atoms with Gasteiger partial charge in [0.05, 0.1) is 13.0 Å². The normalized spacial score (nSPS) is 9.85. The van der Waals surface area contributed by atoms with E-state index in [1.807, 2.05) is 30.3 Å². The molecule has 0 atom stereocenters. The molecule has 0 aliphatic heterocycles. The van der Waals surface area contributed by atoms with Gasteiger partial charge in [-0.05, 0) is 18.6 Å². The first kappa shape index (κ1) is 15.8. The number of para-hydroxylation sites is 1. The molecule has 2 amide bonds. The number of hydrogen-bond donors (Lipinski definition) is 2. The molecule has 1 aromatic rings. The smallest absolute Gasteiger partial charge is 0.317 e. The summed E-state index contributed by atoms with van der Waals surface area (Å²) in [7, 11) is 1.57. The number of aliphatic carboxylic acids is 1. The van der Waals surface area contributed by atoms with Crippen LogP contribution in [0, 0.1) is 0 Å². The standard InChI is InChI=1S/C14H20N2O4/c1-16(10-8-13(17)18)14(19)15-9-5-11-20-12-6-3-2-4-7-12/h2-4,6-7H,5,8-11H2,1H3,(H,15,19)(H,17,18). The Bertz CT molecular complexity index is 422. The topological polar surface area (TPSA) is 78.9 Å². The lowest BCUT2D eigenvalue weighted by atomic mass is 10.3. The van der Waals surface area contributed by atoms with Crippen molar-refractivity contribution in [1.29, 1.82) is 0 Å². The van der Waals surface area contributed by atoms with Gasteiger partial charge in [0.1, 0.15) is 5.75 Å². The minimum Gasteiger partial charge on any atom is -0.494 e. The number of ether oxygens (including phenoxy) is 1. The van der Waals surface area contributed by atoms with Gasteiger partial charge in [-0.25, -0.2) is 4.79 Å². The fourth-order valence-corrected chi connectivity index (χ4v) is 1.47. The van der Waals surface area contributed by atoms with Crippen molar-refractivity contribution in [1.82, 2.24) is 10.2 Å². The summed E-state index contributed by atoms with van der Waals surface area (Å²) in [5.74, 6) is -0.113. The molecule has 0 spiro atoms. The van der Waals surface area contributed by atoms with Crippen LogP contribution in [-0.4, -0.2) is 48.8 Å². The molecule has 1 aromatic carbocycles. The number of benzene rings is 1. The van der Waals surface area contributed by atoms with Crippen molar-refractivity contribution in [3.8, 4) is 5.75 Å². The van der Waals surface area contributed by atoms with E-state index < -0.39 is 5.97 Å². The second-order valence-corrected chi connectivity index (χ2v) is 4.31. The molecule has 0 saturated carbocycles. The first-order valence-corrected chi connectivity index (χ1v) is 6.48. The predicted molar refractivity (Wildman–Crippen MR) is 74.8 cm³/mol. The number of nitrogens with one attached hydrogen (secondary N) is 1. The number of carbonyl (C=O) groups excluding carboxylic acids is 1. The fraction of sp³-hybridized carbons (Fsp3) is 0.429. The molecule has 20 heavy (non-hydrogen) atoms. The van der Waals surface area contributed by atoms with E-state index in [0.717, 1.165) is 5.75 Å². The highest BCUT2D eigenvalue weighted by Crippen LogP contribution is 2.07. The van der Waals surface area contributed by atoms with E-state index in [2.05, 4.69) is 5.32 Å². The van der Waals surface area contributed by atoms with Gasteiger partial charge >= 0.3 is 12.0 Å². The molecule has 1 rings (SSSR count). The Morgan fingerprint density at radius 3 is 2.65 bits per heavy atom. The SMILES string of the molecule is CN(CCC(=O)O)C(=O)NCCCOc1ccccc1. The maximum atomic E-state index is 11.6.